The Balaban J connectivity index is 1.47. The summed E-state index contributed by atoms with van der Waals surface area (Å²) in [7, 11) is 0. The molecule has 3 heterocycles. The predicted octanol–water partition coefficient (Wildman–Crippen LogP) is 5.25. The first-order valence-electron chi connectivity index (χ1n) is 11.5. The highest BCUT2D eigenvalue weighted by Crippen LogP contribution is 2.34. The molecule has 1 saturated heterocycles. The largest absolute Gasteiger partial charge is 0.453 e. The van der Waals surface area contributed by atoms with E-state index in [2.05, 4.69) is 60.4 Å². The Morgan fingerprint density at radius 1 is 1.00 bits per heavy atom. The van der Waals surface area contributed by atoms with Crippen LogP contribution in [0.1, 0.15) is 69.3 Å². The van der Waals surface area contributed by atoms with Crippen LogP contribution in [0.5, 0.6) is 0 Å². The van der Waals surface area contributed by atoms with Crippen molar-refractivity contribution in [3.05, 3.63) is 47.3 Å². The number of para-hydroxylation sites is 1. The van der Waals surface area contributed by atoms with Crippen molar-refractivity contribution in [2.75, 3.05) is 23.3 Å². The van der Waals surface area contributed by atoms with Gasteiger partial charge in [0.05, 0.1) is 0 Å². The minimum atomic E-state index is -4.64. The number of piperidine rings is 1. The van der Waals surface area contributed by atoms with E-state index in [4.69, 9.17) is 0 Å². The monoisotopic (exact) mass is 474 g/mol. The van der Waals surface area contributed by atoms with Gasteiger partial charge >= 0.3 is 6.18 Å². The van der Waals surface area contributed by atoms with Crippen molar-refractivity contribution in [1.82, 2.24) is 19.8 Å². The standard InChI is InChI=1S/C24H29F3N6O/c1-14(2)17-6-5-7-18(15(3)4)21(17)28-22(34)16-10-12-32(13-11-16)20-9-8-19-29-30-23(24(25,26)27)33(19)31-20/h5-9,14-16H,10-13H2,1-4H3,(H,28,34). The van der Waals surface area contributed by atoms with Gasteiger partial charge in [0.15, 0.2) is 5.65 Å². The van der Waals surface area contributed by atoms with Gasteiger partial charge in [0.1, 0.15) is 5.82 Å². The maximum absolute atomic E-state index is 13.2. The summed E-state index contributed by atoms with van der Waals surface area (Å²) in [5.41, 5.74) is 3.17. The van der Waals surface area contributed by atoms with Gasteiger partial charge in [0.25, 0.3) is 5.82 Å². The molecule has 0 saturated carbocycles. The normalized spacial score (nSPS) is 15.5. The molecule has 0 atom stereocenters. The molecule has 7 nitrogen and oxygen atoms in total. The van der Waals surface area contributed by atoms with Gasteiger partial charge in [0, 0.05) is 24.7 Å². The van der Waals surface area contributed by atoms with E-state index in [1.165, 1.54) is 6.07 Å². The molecule has 1 aliphatic rings. The van der Waals surface area contributed by atoms with Crippen molar-refractivity contribution < 1.29 is 18.0 Å². The van der Waals surface area contributed by atoms with Crippen LogP contribution in [-0.4, -0.2) is 38.8 Å². The van der Waals surface area contributed by atoms with Gasteiger partial charge in [-0.15, -0.1) is 15.3 Å². The maximum atomic E-state index is 13.2. The van der Waals surface area contributed by atoms with Gasteiger partial charge in [-0.25, -0.2) is 0 Å². The highest BCUT2D eigenvalue weighted by Gasteiger charge is 2.38. The molecule has 4 rings (SSSR count). The number of benzene rings is 1. The number of carbonyl (C=O) groups is 1. The van der Waals surface area contributed by atoms with Crippen LogP contribution in [0.3, 0.4) is 0 Å². The number of amides is 1. The Morgan fingerprint density at radius 3 is 2.18 bits per heavy atom. The summed E-state index contributed by atoms with van der Waals surface area (Å²) in [4.78, 5) is 15.1. The van der Waals surface area contributed by atoms with Crippen LogP contribution < -0.4 is 10.2 Å². The quantitative estimate of drug-likeness (QED) is 0.547. The van der Waals surface area contributed by atoms with Crippen LogP contribution >= 0.6 is 0 Å². The molecular formula is C24H29F3N6O. The average molecular weight is 475 g/mol. The topological polar surface area (TPSA) is 75.4 Å². The lowest BCUT2D eigenvalue weighted by Crippen LogP contribution is -2.39. The Labute approximate surface area is 196 Å². The van der Waals surface area contributed by atoms with Crippen molar-refractivity contribution in [1.29, 1.82) is 0 Å². The molecule has 1 aliphatic heterocycles. The summed E-state index contributed by atoms with van der Waals surface area (Å²) in [5.74, 6) is -0.392. The highest BCUT2D eigenvalue weighted by molar-refractivity contribution is 5.94. The number of alkyl halides is 3. The summed E-state index contributed by atoms with van der Waals surface area (Å²) >= 11 is 0. The molecule has 2 aromatic heterocycles. The summed E-state index contributed by atoms with van der Waals surface area (Å²) in [6, 6.07) is 9.24. The van der Waals surface area contributed by atoms with Crippen molar-refractivity contribution in [2.45, 2.75) is 58.5 Å². The smallest absolute Gasteiger partial charge is 0.355 e. The molecule has 1 N–H and O–H groups in total. The molecule has 0 bridgehead atoms. The molecule has 1 amide bonds. The fraction of sp³-hybridized carbons (Fsp3) is 0.500. The van der Waals surface area contributed by atoms with Crippen molar-refractivity contribution >= 4 is 23.1 Å². The van der Waals surface area contributed by atoms with Gasteiger partial charge in [0.2, 0.25) is 5.91 Å². The number of hydrogen-bond donors (Lipinski definition) is 1. The molecule has 0 spiro atoms. The summed E-state index contributed by atoms with van der Waals surface area (Å²) in [6.45, 7) is 9.47. The molecule has 1 fully saturated rings. The Morgan fingerprint density at radius 2 is 1.62 bits per heavy atom. The van der Waals surface area contributed by atoms with Crippen LogP contribution in [0.4, 0.5) is 24.7 Å². The molecule has 0 aliphatic carbocycles. The SMILES string of the molecule is CC(C)c1cccc(C(C)C)c1NC(=O)C1CCN(c2ccc3nnc(C(F)(F)F)n3n2)CC1. The molecular weight excluding hydrogens is 445 g/mol. The number of aromatic nitrogens is 4. The van der Waals surface area contributed by atoms with E-state index in [-0.39, 0.29) is 29.3 Å². The van der Waals surface area contributed by atoms with Crippen molar-refractivity contribution in [3.8, 4) is 0 Å². The number of nitrogens with zero attached hydrogens (tertiary/aromatic N) is 5. The van der Waals surface area contributed by atoms with E-state index in [0.717, 1.165) is 21.3 Å². The minimum Gasteiger partial charge on any atom is -0.355 e. The van der Waals surface area contributed by atoms with Crippen LogP contribution in [0, 0.1) is 5.92 Å². The van der Waals surface area contributed by atoms with Crippen molar-refractivity contribution in [2.24, 2.45) is 5.92 Å². The average Bonchev–Trinajstić information content (AvgIpc) is 3.23. The number of rotatable bonds is 5. The third-order valence-electron chi connectivity index (χ3n) is 6.31. The fourth-order valence-electron chi connectivity index (χ4n) is 4.42. The Hall–Kier alpha value is -3.17. The molecule has 0 unspecified atom stereocenters. The number of fused-ring (bicyclic) bond motifs is 1. The zero-order valence-corrected chi connectivity index (χ0v) is 19.7. The number of carbonyl (C=O) groups excluding carboxylic acids is 1. The van der Waals surface area contributed by atoms with Gasteiger partial charge in [-0.1, -0.05) is 45.9 Å². The van der Waals surface area contributed by atoms with Gasteiger partial charge in [-0.2, -0.15) is 17.7 Å². The van der Waals surface area contributed by atoms with Crippen LogP contribution in [-0.2, 0) is 11.0 Å². The molecule has 34 heavy (non-hydrogen) atoms. The number of hydrogen-bond acceptors (Lipinski definition) is 5. The maximum Gasteiger partial charge on any atom is 0.453 e. The second kappa shape index (κ2) is 9.23. The molecule has 10 heteroatoms. The van der Waals surface area contributed by atoms with E-state index in [1.54, 1.807) is 6.07 Å². The van der Waals surface area contributed by atoms with Crippen LogP contribution in [0.2, 0.25) is 0 Å². The first kappa shape index (κ1) is 24.0. The zero-order valence-electron chi connectivity index (χ0n) is 19.7. The summed E-state index contributed by atoms with van der Waals surface area (Å²) in [5, 5.41) is 14.1. The first-order chi connectivity index (χ1) is 16.1. The summed E-state index contributed by atoms with van der Waals surface area (Å²) < 4.78 is 40.3. The second-order valence-electron chi connectivity index (χ2n) is 9.35. The first-order valence-corrected chi connectivity index (χ1v) is 11.5. The number of nitrogens with one attached hydrogen (secondary N) is 1. The third-order valence-corrected chi connectivity index (χ3v) is 6.31. The highest BCUT2D eigenvalue weighted by atomic mass is 19.4. The fourth-order valence-corrected chi connectivity index (χ4v) is 4.42. The lowest BCUT2D eigenvalue weighted by molar-refractivity contribution is -0.146. The lowest BCUT2D eigenvalue weighted by atomic mass is 9.91. The van der Waals surface area contributed by atoms with Gasteiger partial charge < -0.3 is 10.2 Å². The van der Waals surface area contributed by atoms with Crippen LogP contribution in [0.25, 0.3) is 5.65 Å². The summed E-state index contributed by atoms with van der Waals surface area (Å²) in [6.07, 6.45) is -3.47. The van der Waals surface area contributed by atoms with E-state index >= 15 is 0 Å². The van der Waals surface area contributed by atoms with Crippen LogP contribution in [0.15, 0.2) is 30.3 Å². The lowest BCUT2D eigenvalue weighted by Gasteiger charge is -2.32. The Kier molecular flexibility index (Phi) is 6.51. The minimum absolute atomic E-state index is 0.0174. The van der Waals surface area contributed by atoms with Crippen molar-refractivity contribution in [3.63, 3.8) is 0 Å². The van der Waals surface area contributed by atoms with E-state index in [0.29, 0.717) is 31.7 Å². The third kappa shape index (κ3) is 4.71. The number of halogens is 3. The Bertz CT molecular complexity index is 1150. The zero-order chi connectivity index (χ0) is 24.6. The van der Waals surface area contributed by atoms with E-state index < -0.39 is 12.0 Å². The van der Waals surface area contributed by atoms with Gasteiger partial charge in [-0.3, -0.25) is 4.79 Å². The molecule has 3 aromatic rings. The van der Waals surface area contributed by atoms with Gasteiger partial charge in [-0.05, 0) is 47.9 Å². The molecule has 0 radical (unpaired) electrons. The van der Waals surface area contributed by atoms with E-state index in [9.17, 15) is 18.0 Å². The molecule has 1 aromatic carbocycles. The second-order valence-corrected chi connectivity index (χ2v) is 9.35. The number of anilines is 2. The predicted molar refractivity (Wildman–Crippen MR) is 124 cm³/mol. The molecule has 182 valence electrons. The van der Waals surface area contributed by atoms with E-state index in [1.807, 2.05) is 11.0 Å².